The highest BCUT2D eigenvalue weighted by Crippen LogP contribution is 2.23. The van der Waals surface area contributed by atoms with Crippen LogP contribution in [0.4, 0.5) is 30.5 Å². The van der Waals surface area contributed by atoms with Crippen LogP contribution in [-0.2, 0) is 6.54 Å². The maximum Gasteiger partial charge on any atom is 0.196 e. The van der Waals surface area contributed by atoms with Crippen molar-refractivity contribution >= 4 is 17.3 Å². The largest absolute Gasteiger partial charge is 0.366 e. The van der Waals surface area contributed by atoms with Gasteiger partial charge in [-0.3, -0.25) is 4.98 Å². The summed E-state index contributed by atoms with van der Waals surface area (Å²) in [5.41, 5.74) is 0.745. The van der Waals surface area contributed by atoms with Gasteiger partial charge in [-0.25, -0.2) is 23.1 Å². The van der Waals surface area contributed by atoms with E-state index in [1.807, 2.05) is 12.1 Å². The SMILES string of the molecule is Cc1nc(NCc2cccnc2)cc(Nc2ccc(F)c(F)c2F)n1. The number of hydrogen-bond acceptors (Lipinski definition) is 5. The van der Waals surface area contributed by atoms with E-state index in [0.29, 0.717) is 18.2 Å². The monoisotopic (exact) mass is 345 g/mol. The Bertz CT molecular complexity index is 887. The minimum atomic E-state index is -1.54. The van der Waals surface area contributed by atoms with Gasteiger partial charge in [0, 0.05) is 25.0 Å². The van der Waals surface area contributed by atoms with Gasteiger partial charge in [-0.2, -0.15) is 0 Å². The van der Waals surface area contributed by atoms with E-state index in [1.54, 1.807) is 25.4 Å². The number of halogens is 3. The van der Waals surface area contributed by atoms with E-state index in [1.165, 1.54) is 0 Å². The van der Waals surface area contributed by atoms with Gasteiger partial charge >= 0.3 is 0 Å². The number of anilines is 3. The van der Waals surface area contributed by atoms with Gasteiger partial charge in [0.2, 0.25) is 0 Å². The van der Waals surface area contributed by atoms with Crippen molar-refractivity contribution in [3.63, 3.8) is 0 Å². The van der Waals surface area contributed by atoms with E-state index in [-0.39, 0.29) is 11.5 Å². The molecular weight excluding hydrogens is 331 g/mol. The molecule has 128 valence electrons. The average Bonchev–Trinajstić information content (AvgIpc) is 2.61. The summed E-state index contributed by atoms with van der Waals surface area (Å²) < 4.78 is 40.1. The summed E-state index contributed by atoms with van der Waals surface area (Å²) in [6.45, 7) is 2.16. The number of nitrogens with zero attached hydrogens (tertiary/aromatic N) is 3. The van der Waals surface area contributed by atoms with Crippen molar-refractivity contribution < 1.29 is 13.2 Å². The van der Waals surface area contributed by atoms with Crippen LogP contribution in [-0.4, -0.2) is 15.0 Å². The van der Waals surface area contributed by atoms with Gasteiger partial charge in [-0.15, -0.1) is 0 Å². The molecule has 25 heavy (non-hydrogen) atoms. The van der Waals surface area contributed by atoms with Gasteiger partial charge in [-0.05, 0) is 30.7 Å². The first kappa shape index (κ1) is 16.7. The van der Waals surface area contributed by atoms with E-state index < -0.39 is 17.5 Å². The fourth-order valence-corrected chi connectivity index (χ4v) is 2.18. The van der Waals surface area contributed by atoms with Crippen LogP contribution in [0.15, 0.2) is 42.7 Å². The van der Waals surface area contributed by atoms with E-state index in [9.17, 15) is 13.2 Å². The third-order valence-corrected chi connectivity index (χ3v) is 3.33. The molecule has 2 aromatic heterocycles. The van der Waals surface area contributed by atoms with E-state index in [2.05, 4.69) is 25.6 Å². The second-order valence-corrected chi connectivity index (χ2v) is 5.25. The Kier molecular flexibility index (Phi) is 4.78. The molecule has 8 heteroatoms. The second kappa shape index (κ2) is 7.16. The molecule has 0 aliphatic heterocycles. The zero-order valence-electron chi connectivity index (χ0n) is 13.2. The smallest absolute Gasteiger partial charge is 0.196 e. The highest BCUT2D eigenvalue weighted by atomic mass is 19.2. The minimum Gasteiger partial charge on any atom is -0.366 e. The van der Waals surface area contributed by atoms with Gasteiger partial charge in [-0.1, -0.05) is 6.07 Å². The highest BCUT2D eigenvalue weighted by molar-refractivity contribution is 5.60. The van der Waals surface area contributed by atoms with Gasteiger partial charge in [0.25, 0.3) is 0 Å². The Morgan fingerprint density at radius 2 is 1.80 bits per heavy atom. The first-order valence-corrected chi connectivity index (χ1v) is 7.42. The Morgan fingerprint density at radius 1 is 1.00 bits per heavy atom. The fraction of sp³-hybridized carbons (Fsp3) is 0.118. The molecule has 2 N–H and O–H groups in total. The predicted molar refractivity (Wildman–Crippen MR) is 87.9 cm³/mol. The number of pyridine rings is 1. The molecule has 0 aliphatic rings. The van der Waals surface area contributed by atoms with Crippen molar-refractivity contribution in [3.05, 3.63) is 71.6 Å². The topological polar surface area (TPSA) is 62.7 Å². The number of aromatic nitrogens is 3. The molecule has 0 aliphatic carbocycles. The van der Waals surface area contributed by atoms with Crippen molar-refractivity contribution in [2.24, 2.45) is 0 Å². The summed E-state index contributed by atoms with van der Waals surface area (Å²) >= 11 is 0. The molecule has 0 unspecified atom stereocenters. The van der Waals surface area contributed by atoms with Crippen molar-refractivity contribution in [1.29, 1.82) is 0 Å². The summed E-state index contributed by atoms with van der Waals surface area (Å²) in [6.07, 6.45) is 3.40. The van der Waals surface area contributed by atoms with Crippen LogP contribution in [0.3, 0.4) is 0 Å². The third kappa shape index (κ3) is 4.03. The first-order valence-electron chi connectivity index (χ1n) is 7.42. The summed E-state index contributed by atoms with van der Waals surface area (Å²) in [5.74, 6) is -2.90. The summed E-state index contributed by atoms with van der Waals surface area (Å²) in [7, 11) is 0. The van der Waals surface area contributed by atoms with Crippen LogP contribution in [0.1, 0.15) is 11.4 Å². The lowest BCUT2D eigenvalue weighted by Crippen LogP contribution is -2.06. The molecule has 0 saturated carbocycles. The average molecular weight is 345 g/mol. The van der Waals surface area contributed by atoms with Gasteiger partial charge in [0.15, 0.2) is 17.5 Å². The molecule has 0 saturated heterocycles. The van der Waals surface area contributed by atoms with Crippen LogP contribution in [0.2, 0.25) is 0 Å². The quantitative estimate of drug-likeness (QED) is 0.686. The molecule has 0 radical (unpaired) electrons. The molecule has 0 bridgehead atoms. The van der Waals surface area contributed by atoms with E-state index in [4.69, 9.17) is 0 Å². The second-order valence-electron chi connectivity index (χ2n) is 5.25. The van der Waals surface area contributed by atoms with Crippen LogP contribution in [0.5, 0.6) is 0 Å². The molecule has 3 aromatic rings. The molecule has 1 aromatic carbocycles. The zero-order valence-corrected chi connectivity index (χ0v) is 13.2. The molecule has 3 rings (SSSR count). The van der Waals surface area contributed by atoms with Crippen LogP contribution in [0.25, 0.3) is 0 Å². The number of rotatable bonds is 5. The first-order chi connectivity index (χ1) is 12.0. The molecule has 0 atom stereocenters. The molecule has 0 fully saturated rings. The lowest BCUT2D eigenvalue weighted by atomic mass is 10.2. The number of nitrogens with one attached hydrogen (secondary N) is 2. The normalized spacial score (nSPS) is 10.6. The summed E-state index contributed by atoms with van der Waals surface area (Å²) in [5, 5.41) is 5.74. The van der Waals surface area contributed by atoms with Gasteiger partial charge in [0.05, 0.1) is 5.69 Å². The summed E-state index contributed by atoms with van der Waals surface area (Å²) in [6, 6.07) is 7.22. The number of aryl methyl sites for hydroxylation is 1. The molecule has 0 amide bonds. The van der Waals surface area contributed by atoms with Gasteiger partial charge in [0.1, 0.15) is 17.5 Å². The Balaban J connectivity index is 1.79. The Morgan fingerprint density at radius 3 is 2.56 bits per heavy atom. The Hall–Kier alpha value is -3.16. The third-order valence-electron chi connectivity index (χ3n) is 3.33. The minimum absolute atomic E-state index is 0.213. The maximum atomic E-state index is 13.8. The molecule has 2 heterocycles. The Labute approximate surface area is 142 Å². The fourth-order valence-electron chi connectivity index (χ4n) is 2.18. The zero-order chi connectivity index (χ0) is 17.8. The standard InChI is InChI=1S/C17H14F3N5/c1-10-23-14(22-9-11-3-2-6-21-8-11)7-15(24-10)25-13-5-4-12(18)16(19)17(13)20/h2-8H,9H2,1H3,(H2,22,23,24,25). The van der Waals surface area contributed by atoms with Crippen LogP contribution >= 0.6 is 0 Å². The summed E-state index contributed by atoms with van der Waals surface area (Å²) in [4.78, 5) is 12.4. The van der Waals surface area contributed by atoms with Crippen LogP contribution < -0.4 is 10.6 Å². The molecule has 5 nitrogen and oxygen atoms in total. The lowest BCUT2D eigenvalue weighted by Gasteiger charge is -2.11. The number of benzene rings is 1. The van der Waals surface area contributed by atoms with E-state index in [0.717, 1.165) is 17.7 Å². The molecular formula is C17H14F3N5. The lowest BCUT2D eigenvalue weighted by molar-refractivity contribution is 0.449. The van der Waals surface area contributed by atoms with Crippen molar-refractivity contribution in [2.45, 2.75) is 13.5 Å². The van der Waals surface area contributed by atoms with Crippen LogP contribution in [0, 0.1) is 24.4 Å². The highest BCUT2D eigenvalue weighted by Gasteiger charge is 2.14. The van der Waals surface area contributed by atoms with E-state index >= 15 is 0 Å². The van der Waals surface area contributed by atoms with Crippen molar-refractivity contribution in [1.82, 2.24) is 15.0 Å². The molecule has 0 spiro atoms. The van der Waals surface area contributed by atoms with Crippen molar-refractivity contribution in [3.8, 4) is 0 Å². The maximum absolute atomic E-state index is 13.8. The van der Waals surface area contributed by atoms with Gasteiger partial charge < -0.3 is 10.6 Å². The number of hydrogen-bond donors (Lipinski definition) is 2. The predicted octanol–water partition coefficient (Wildman–Crippen LogP) is 3.95. The van der Waals surface area contributed by atoms with Crippen molar-refractivity contribution in [2.75, 3.05) is 10.6 Å².